The summed E-state index contributed by atoms with van der Waals surface area (Å²) < 4.78 is 0. The van der Waals surface area contributed by atoms with Crippen LogP contribution in [-0.2, 0) is 6.54 Å². The van der Waals surface area contributed by atoms with Crippen molar-refractivity contribution in [2.24, 2.45) is 0 Å². The zero-order valence-corrected chi connectivity index (χ0v) is 6.81. The second-order valence-electron chi connectivity index (χ2n) is 2.40. The molecule has 0 aliphatic heterocycles. The second-order valence-corrected chi connectivity index (χ2v) is 2.40. The minimum absolute atomic E-state index is 0.521. The van der Waals surface area contributed by atoms with Gasteiger partial charge < -0.3 is 5.32 Å². The van der Waals surface area contributed by atoms with E-state index in [4.69, 9.17) is 0 Å². The average Bonchev–Trinajstić information content (AvgIpc) is 2.69. The molecule has 0 bridgehead atoms. The van der Waals surface area contributed by atoms with Crippen LogP contribution in [0, 0.1) is 0 Å². The zero-order valence-electron chi connectivity index (χ0n) is 6.81. The topological polar surface area (TPSA) is 79.4 Å². The molecule has 0 radical (unpaired) electrons. The molecule has 2 heterocycles. The van der Waals surface area contributed by atoms with Crippen LogP contribution in [0.2, 0.25) is 0 Å². The number of nitrogens with one attached hydrogen (secondary N) is 2. The van der Waals surface area contributed by atoms with Crippen molar-refractivity contribution in [1.82, 2.24) is 25.6 Å². The summed E-state index contributed by atoms with van der Waals surface area (Å²) in [4.78, 5) is 4.08. The van der Waals surface area contributed by atoms with E-state index in [0.717, 1.165) is 5.82 Å². The van der Waals surface area contributed by atoms with Gasteiger partial charge in [0.1, 0.15) is 5.82 Å². The van der Waals surface area contributed by atoms with E-state index in [-0.39, 0.29) is 0 Å². The summed E-state index contributed by atoms with van der Waals surface area (Å²) in [7, 11) is 0. The lowest BCUT2D eigenvalue weighted by molar-refractivity contribution is 0.881. The molecule has 2 aromatic heterocycles. The van der Waals surface area contributed by atoms with Crippen LogP contribution < -0.4 is 5.32 Å². The molecule has 0 unspecified atom stereocenters. The molecule has 6 nitrogen and oxygen atoms in total. The molecule has 66 valence electrons. The van der Waals surface area contributed by atoms with Crippen LogP contribution in [0.4, 0.5) is 5.82 Å². The van der Waals surface area contributed by atoms with Crippen molar-refractivity contribution in [3.8, 4) is 0 Å². The van der Waals surface area contributed by atoms with Crippen molar-refractivity contribution in [2.75, 3.05) is 5.32 Å². The Hall–Kier alpha value is -1.98. The molecule has 0 spiro atoms. The standard InChI is InChI=1S/C7H8N6/c1-2-4-8-6(3-1)9-5-7-10-12-13-11-7/h1-4H,5H2,(H,8,9)(H,10,11,12,13). The van der Waals surface area contributed by atoms with Gasteiger partial charge in [0, 0.05) is 6.20 Å². The summed E-state index contributed by atoms with van der Waals surface area (Å²) in [5.74, 6) is 1.41. The van der Waals surface area contributed by atoms with Crippen LogP contribution in [0.1, 0.15) is 5.82 Å². The van der Waals surface area contributed by atoms with E-state index in [0.29, 0.717) is 12.4 Å². The number of H-pyrrole nitrogens is 1. The maximum Gasteiger partial charge on any atom is 0.193 e. The van der Waals surface area contributed by atoms with Crippen LogP contribution in [0.25, 0.3) is 0 Å². The van der Waals surface area contributed by atoms with Crippen LogP contribution >= 0.6 is 0 Å². The van der Waals surface area contributed by atoms with Gasteiger partial charge in [-0.25, -0.2) is 4.98 Å². The molecule has 2 rings (SSSR count). The Morgan fingerprint density at radius 3 is 3.08 bits per heavy atom. The lowest BCUT2D eigenvalue weighted by Gasteiger charge is -1.99. The molecule has 0 aliphatic carbocycles. The van der Waals surface area contributed by atoms with Crippen molar-refractivity contribution in [1.29, 1.82) is 0 Å². The third kappa shape index (κ3) is 1.98. The van der Waals surface area contributed by atoms with E-state index >= 15 is 0 Å². The molecule has 6 heteroatoms. The molecule has 0 aromatic carbocycles. The lowest BCUT2D eigenvalue weighted by Crippen LogP contribution is -2.02. The Labute approximate surface area is 74.4 Å². The van der Waals surface area contributed by atoms with Crippen LogP contribution in [0.15, 0.2) is 24.4 Å². The van der Waals surface area contributed by atoms with Gasteiger partial charge in [0.2, 0.25) is 0 Å². The molecule has 0 aliphatic rings. The predicted octanol–water partition coefficient (Wildman–Crippen LogP) is 0.207. The number of tetrazole rings is 1. The molecule has 13 heavy (non-hydrogen) atoms. The minimum Gasteiger partial charge on any atom is -0.363 e. The number of rotatable bonds is 3. The molecule has 2 aromatic rings. The van der Waals surface area contributed by atoms with Gasteiger partial charge in [0.25, 0.3) is 0 Å². The van der Waals surface area contributed by atoms with E-state index in [9.17, 15) is 0 Å². The summed E-state index contributed by atoms with van der Waals surface area (Å²) in [5.41, 5.74) is 0. The predicted molar refractivity (Wildman–Crippen MR) is 45.7 cm³/mol. The Bertz CT molecular complexity index is 342. The molecule has 0 saturated carbocycles. The molecular formula is C7H8N6. The summed E-state index contributed by atoms with van der Waals surface area (Å²) in [6.07, 6.45) is 1.72. The first kappa shape index (κ1) is 7.66. The first-order valence-electron chi connectivity index (χ1n) is 3.82. The van der Waals surface area contributed by atoms with Gasteiger partial charge in [-0.3, -0.25) is 0 Å². The molecule has 0 saturated heterocycles. The normalized spacial score (nSPS) is 9.85. The number of hydrogen-bond donors (Lipinski definition) is 2. The summed E-state index contributed by atoms with van der Waals surface area (Å²) in [6, 6.07) is 5.64. The largest absolute Gasteiger partial charge is 0.363 e. The number of pyridine rings is 1. The van der Waals surface area contributed by atoms with E-state index < -0.39 is 0 Å². The van der Waals surface area contributed by atoms with Crippen LogP contribution in [-0.4, -0.2) is 25.6 Å². The van der Waals surface area contributed by atoms with E-state index in [2.05, 4.69) is 30.9 Å². The Morgan fingerprint density at radius 1 is 1.38 bits per heavy atom. The fourth-order valence-corrected chi connectivity index (χ4v) is 0.894. The van der Waals surface area contributed by atoms with Crippen LogP contribution in [0.3, 0.4) is 0 Å². The minimum atomic E-state index is 0.521. The summed E-state index contributed by atoms with van der Waals surface area (Å²) in [6.45, 7) is 0.521. The summed E-state index contributed by atoms with van der Waals surface area (Å²) >= 11 is 0. The third-order valence-electron chi connectivity index (χ3n) is 1.48. The zero-order chi connectivity index (χ0) is 8.93. The van der Waals surface area contributed by atoms with E-state index in [1.165, 1.54) is 0 Å². The Balaban J connectivity index is 1.94. The molecular weight excluding hydrogens is 168 g/mol. The molecule has 0 amide bonds. The highest BCUT2D eigenvalue weighted by atomic mass is 15.5. The number of hydrogen-bond acceptors (Lipinski definition) is 5. The average molecular weight is 176 g/mol. The highest BCUT2D eigenvalue weighted by molar-refractivity contribution is 5.32. The van der Waals surface area contributed by atoms with Gasteiger partial charge in [-0.1, -0.05) is 11.3 Å². The smallest absolute Gasteiger partial charge is 0.193 e. The fraction of sp³-hybridized carbons (Fsp3) is 0.143. The Morgan fingerprint density at radius 2 is 2.38 bits per heavy atom. The van der Waals surface area contributed by atoms with Gasteiger partial charge >= 0.3 is 0 Å². The molecule has 2 N–H and O–H groups in total. The van der Waals surface area contributed by atoms with E-state index in [1.807, 2.05) is 18.2 Å². The fourth-order valence-electron chi connectivity index (χ4n) is 0.894. The van der Waals surface area contributed by atoms with Crippen molar-refractivity contribution in [2.45, 2.75) is 6.54 Å². The maximum absolute atomic E-state index is 4.08. The van der Waals surface area contributed by atoms with Crippen molar-refractivity contribution in [3.63, 3.8) is 0 Å². The maximum atomic E-state index is 4.08. The van der Waals surface area contributed by atoms with Crippen LogP contribution in [0.5, 0.6) is 0 Å². The first-order valence-corrected chi connectivity index (χ1v) is 3.82. The van der Waals surface area contributed by atoms with Crippen molar-refractivity contribution >= 4 is 5.82 Å². The lowest BCUT2D eigenvalue weighted by atomic mass is 10.4. The highest BCUT2D eigenvalue weighted by Gasteiger charge is 1.96. The second kappa shape index (κ2) is 3.61. The quantitative estimate of drug-likeness (QED) is 0.698. The SMILES string of the molecule is c1ccc(NCc2nn[nH]n2)nc1. The van der Waals surface area contributed by atoms with Gasteiger partial charge in [0.15, 0.2) is 5.82 Å². The highest BCUT2D eigenvalue weighted by Crippen LogP contribution is 2.00. The van der Waals surface area contributed by atoms with Crippen molar-refractivity contribution in [3.05, 3.63) is 30.2 Å². The monoisotopic (exact) mass is 176 g/mol. The molecule has 0 atom stereocenters. The van der Waals surface area contributed by atoms with Gasteiger partial charge in [-0.05, 0) is 12.1 Å². The van der Waals surface area contributed by atoms with Gasteiger partial charge in [0.05, 0.1) is 6.54 Å². The van der Waals surface area contributed by atoms with Gasteiger partial charge in [-0.15, -0.1) is 10.2 Å². The number of aromatic nitrogens is 5. The third-order valence-corrected chi connectivity index (χ3v) is 1.48. The Kier molecular flexibility index (Phi) is 2.13. The first-order chi connectivity index (χ1) is 6.45. The number of aromatic amines is 1. The summed E-state index contributed by atoms with van der Waals surface area (Å²) in [5, 5.41) is 16.5. The molecule has 0 fully saturated rings. The number of anilines is 1. The van der Waals surface area contributed by atoms with Crippen molar-refractivity contribution < 1.29 is 0 Å². The van der Waals surface area contributed by atoms with Gasteiger partial charge in [-0.2, -0.15) is 5.21 Å². The number of nitrogens with zero attached hydrogens (tertiary/aromatic N) is 4. The van der Waals surface area contributed by atoms with E-state index in [1.54, 1.807) is 6.20 Å².